The van der Waals surface area contributed by atoms with Crippen molar-refractivity contribution in [2.24, 2.45) is 0 Å². The lowest BCUT2D eigenvalue weighted by molar-refractivity contribution is 0.0971. The Morgan fingerprint density at radius 1 is 0.838 bits per heavy atom. The van der Waals surface area contributed by atoms with E-state index in [-0.39, 0.29) is 51.5 Å². The van der Waals surface area contributed by atoms with Crippen molar-refractivity contribution >= 4 is 33.8 Å². The highest BCUT2D eigenvalue weighted by Gasteiger charge is 2.28. The molecule has 0 bridgehead atoms. The number of nitrogens with one attached hydrogen (secondary N) is 1. The topological polar surface area (TPSA) is 71.0 Å². The number of nitrogens with zero attached hydrogens (tertiary/aromatic N) is 2. The molecule has 196 valence electrons. The van der Waals surface area contributed by atoms with Crippen LogP contribution < -0.4 is 5.62 Å². The molecular weight excluding hydrogens is 526 g/mol. The number of phenols is 1. The molecule has 0 saturated carbocycles. The van der Waals surface area contributed by atoms with E-state index in [0.29, 0.717) is 12.1 Å². The van der Waals surface area contributed by atoms with Gasteiger partial charge in [0.15, 0.2) is 5.78 Å². The molecule has 0 amide bonds. The summed E-state index contributed by atoms with van der Waals surface area (Å²) in [6.07, 6.45) is 0. The van der Waals surface area contributed by atoms with Crippen LogP contribution in [0.2, 0.25) is 0 Å². The van der Waals surface area contributed by atoms with E-state index in [1.165, 1.54) is 5.56 Å². The molecule has 0 aliphatic heterocycles. The molecule has 5 nitrogen and oxygen atoms in total. The van der Waals surface area contributed by atoms with Crippen LogP contribution in [0.25, 0.3) is 11.0 Å². The minimum atomic E-state index is -0.321. The van der Waals surface area contributed by atoms with Crippen LogP contribution in [0, 0.1) is 12.3 Å². The summed E-state index contributed by atoms with van der Waals surface area (Å²) in [6.45, 7) is 14.9. The number of benzene rings is 3. The highest BCUT2D eigenvalue weighted by atomic mass is 79.9. The molecule has 6 heteroatoms. The first-order valence-corrected chi connectivity index (χ1v) is 12.5. The fourth-order valence-electron chi connectivity index (χ4n) is 4.66. The summed E-state index contributed by atoms with van der Waals surface area (Å²) in [6, 6.07) is 19.8. The Kier molecular flexibility index (Phi) is 7.94. The summed E-state index contributed by atoms with van der Waals surface area (Å²) in [5.41, 5.74) is 5.81. The number of rotatable bonds is 5. The Morgan fingerprint density at radius 2 is 1.32 bits per heavy atom. The molecule has 37 heavy (non-hydrogen) atoms. The van der Waals surface area contributed by atoms with Gasteiger partial charge in [0.05, 0.1) is 24.1 Å². The molecule has 0 spiro atoms. The number of carbonyl (C=O) groups is 1. The quantitative estimate of drug-likeness (QED) is 0.255. The fraction of sp³-hybridized carbons (Fsp3) is 0.355. The summed E-state index contributed by atoms with van der Waals surface area (Å²) in [5.74, 6) is 0.179. The Bertz CT molecular complexity index is 1460. The number of aryl methyl sites for hydroxylation is 1. The lowest BCUT2D eigenvalue weighted by Crippen LogP contribution is -2.28. The second-order valence-corrected chi connectivity index (χ2v) is 11.8. The number of carbonyl (C=O) groups excluding carboxylic acids is 1. The Morgan fingerprint density at radius 3 is 1.81 bits per heavy atom. The molecule has 4 rings (SSSR count). The SMILES string of the molecule is Br.Cc1ccc(Cn2c(=N)n(CC(=O)c3cc(C(C)(C)C)c(O)c(C(C)(C)C)c3)c3ccccc32)cc1. The molecule has 4 aromatic rings. The molecule has 3 aromatic carbocycles. The summed E-state index contributed by atoms with van der Waals surface area (Å²) < 4.78 is 3.73. The van der Waals surface area contributed by atoms with Crippen LogP contribution in [0.4, 0.5) is 0 Å². The van der Waals surface area contributed by atoms with Gasteiger partial charge >= 0.3 is 0 Å². The Hall–Kier alpha value is -3.12. The average molecular weight is 565 g/mol. The number of Topliss-reactive ketones (excluding diaryl/α,β-unsaturated/α-hetero) is 1. The first kappa shape index (κ1) is 28.5. The van der Waals surface area contributed by atoms with Crippen molar-refractivity contribution in [2.45, 2.75) is 72.4 Å². The van der Waals surface area contributed by atoms with Crippen LogP contribution >= 0.6 is 17.0 Å². The highest BCUT2D eigenvalue weighted by molar-refractivity contribution is 8.93. The second-order valence-electron chi connectivity index (χ2n) is 11.8. The minimum absolute atomic E-state index is 0. The number of hydrogen-bond donors (Lipinski definition) is 2. The second kappa shape index (κ2) is 10.3. The summed E-state index contributed by atoms with van der Waals surface area (Å²) in [5, 5.41) is 20.0. The zero-order valence-corrected chi connectivity index (χ0v) is 24.6. The average Bonchev–Trinajstić information content (AvgIpc) is 3.05. The standard InChI is InChI=1S/C31H37N3O2.BrH/c1-20-12-14-21(15-13-20)18-33-25-10-8-9-11-26(25)34(29(33)32)19-27(35)22-16-23(30(2,3)4)28(36)24(17-22)31(5,6)7;/h8-17,32,36H,18-19H2,1-7H3;1H. The molecule has 0 radical (unpaired) electrons. The molecule has 1 heterocycles. The third-order valence-electron chi connectivity index (χ3n) is 6.79. The van der Waals surface area contributed by atoms with Crippen LogP contribution in [0.3, 0.4) is 0 Å². The van der Waals surface area contributed by atoms with E-state index in [0.717, 1.165) is 27.7 Å². The third-order valence-corrected chi connectivity index (χ3v) is 6.79. The molecule has 0 fully saturated rings. The number of ketones is 1. The van der Waals surface area contributed by atoms with Crippen LogP contribution in [0.15, 0.2) is 60.7 Å². The van der Waals surface area contributed by atoms with E-state index in [9.17, 15) is 9.90 Å². The first-order valence-electron chi connectivity index (χ1n) is 12.5. The number of halogens is 1. The molecule has 2 N–H and O–H groups in total. The number of imidazole rings is 1. The van der Waals surface area contributed by atoms with Gasteiger partial charge in [-0.25, -0.2) is 0 Å². The van der Waals surface area contributed by atoms with Gasteiger partial charge in [-0.2, -0.15) is 0 Å². The first-order chi connectivity index (χ1) is 16.8. The molecule has 0 aliphatic rings. The Balaban J connectivity index is 0.00000380. The van der Waals surface area contributed by atoms with Crippen molar-refractivity contribution in [3.05, 3.63) is 94.1 Å². The van der Waals surface area contributed by atoms with E-state index < -0.39 is 0 Å². The number of aromatic nitrogens is 2. The summed E-state index contributed by atoms with van der Waals surface area (Å²) >= 11 is 0. The molecule has 0 aliphatic carbocycles. The maximum atomic E-state index is 13.7. The predicted molar refractivity (Wildman–Crippen MR) is 156 cm³/mol. The van der Waals surface area contributed by atoms with Gasteiger partial charge in [0.1, 0.15) is 5.75 Å². The number of hydrogen-bond acceptors (Lipinski definition) is 3. The molecular formula is C31H38BrN3O2. The van der Waals surface area contributed by atoms with Crippen molar-refractivity contribution in [1.29, 1.82) is 5.41 Å². The van der Waals surface area contributed by atoms with Gasteiger partial charge in [0.2, 0.25) is 5.62 Å². The molecule has 1 aromatic heterocycles. The van der Waals surface area contributed by atoms with Crippen LogP contribution in [-0.4, -0.2) is 20.0 Å². The number of fused-ring (bicyclic) bond motifs is 1. The molecule has 0 saturated heterocycles. The molecule has 0 unspecified atom stereocenters. The maximum Gasteiger partial charge on any atom is 0.203 e. The van der Waals surface area contributed by atoms with Crippen molar-refractivity contribution in [3.63, 3.8) is 0 Å². The van der Waals surface area contributed by atoms with Crippen molar-refractivity contribution in [1.82, 2.24) is 9.13 Å². The zero-order valence-electron chi connectivity index (χ0n) is 22.8. The monoisotopic (exact) mass is 563 g/mol. The van der Waals surface area contributed by atoms with E-state index in [1.54, 1.807) is 4.57 Å². The number of para-hydroxylation sites is 2. The lowest BCUT2D eigenvalue weighted by atomic mass is 9.78. The van der Waals surface area contributed by atoms with Crippen molar-refractivity contribution in [3.8, 4) is 5.75 Å². The van der Waals surface area contributed by atoms with Gasteiger partial charge in [0.25, 0.3) is 0 Å². The lowest BCUT2D eigenvalue weighted by Gasteiger charge is -2.28. The van der Waals surface area contributed by atoms with Gasteiger partial charge in [-0.05, 0) is 47.6 Å². The Labute approximate surface area is 230 Å². The minimum Gasteiger partial charge on any atom is -0.507 e. The summed E-state index contributed by atoms with van der Waals surface area (Å²) in [7, 11) is 0. The normalized spacial score (nSPS) is 12.0. The van der Waals surface area contributed by atoms with Gasteiger partial charge in [0, 0.05) is 16.7 Å². The van der Waals surface area contributed by atoms with Crippen LogP contribution in [-0.2, 0) is 23.9 Å². The number of aromatic hydroxyl groups is 1. The van der Waals surface area contributed by atoms with Gasteiger partial charge in [-0.1, -0.05) is 83.5 Å². The number of phenolic OH excluding ortho intramolecular Hbond substituents is 1. The van der Waals surface area contributed by atoms with E-state index in [2.05, 4.69) is 31.2 Å². The third kappa shape index (κ3) is 5.74. The fourth-order valence-corrected chi connectivity index (χ4v) is 4.66. The van der Waals surface area contributed by atoms with Gasteiger partial charge < -0.3 is 14.2 Å². The largest absolute Gasteiger partial charge is 0.507 e. The van der Waals surface area contributed by atoms with E-state index in [1.807, 2.05) is 82.5 Å². The van der Waals surface area contributed by atoms with Crippen molar-refractivity contribution in [2.75, 3.05) is 0 Å². The van der Waals surface area contributed by atoms with Crippen LogP contribution in [0.1, 0.15) is 74.2 Å². The van der Waals surface area contributed by atoms with E-state index >= 15 is 0 Å². The van der Waals surface area contributed by atoms with E-state index in [4.69, 9.17) is 5.41 Å². The smallest absolute Gasteiger partial charge is 0.203 e. The molecule has 0 atom stereocenters. The van der Waals surface area contributed by atoms with Crippen molar-refractivity contribution < 1.29 is 9.90 Å². The van der Waals surface area contributed by atoms with Gasteiger partial charge in [-0.15, -0.1) is 17.0 Å². The van der Waals surface area contributed by atoms with Crippen LogP contribution in [0.5, 0.6) is 5.75 Å². The van der Waals surface area contributed by atoms with Gasteiger partial charge in [-0.3, -0.25) is 10.2 Å². The zero-order chi connectivity index (χ0) is 26.4. The highest BCUT2D eigenvalue weighted by Crippen LogP contribution is 2.40. The summed E-state index contributed by atoms with van der Waals surface area (Å²) in [4.78, 5) is 13.7. The predicted octanol–water partition coefficient (Wildman–Crippen LogP) is 7.04. The maximum absolute atomic E-state index is 13.7.